The topological polar surface area (TPSA) is 42.2 Å². The van der Waals surface area contributed by atoms with E-state index in [1.807, 2.05) is 17.8 Å². The first-order valence-corrected chi connectivity index (χ1v) is 6.81. The van der Waals surface area contributed by atoms with Gasteiger partial charge in [0.05, 0.1) is 18.7 Å². The van der Waals surface area contributed by atoms with Gasteiger partial charge in [0.25, 0.3) is 0 Å². The number of hydrogen-bond donors (Lipinski definition) is 0. The lowest BCUT2D eigenvalue weighted by Gasteiger charge is -2.23. The summed E-state index contributed by atoms with van der Waals surface area (Å²) in [5.41, 5.74) is 0.591. The molecule has 0 aliphatic carbocycles. The van der Waals surface area contributed by atoms with E-state index in [0.29, 0.717) is 11.3 Å². The minimum Gasteiger partial charge on any atom is -0.493 e. The monoisotopic (exact) mass is 249 g/mol. The van der Waals surface area contributed by atoms with Gasteiger partial charge in [-0.25, -0.2) is 0 Å². The third-order valence-electron chi connectivity index (χ3n) is 2.75. The van der Waals surface area contributed by atoms with Crippen molar-refractivity contribution in [3.8, 4) is 17.6 Å². The molecule has 0 bridgehead atoms. The summed E-state index contributed by atoms with van der Waals surface area (Å²) in [7, 11) is 1.60. The Labute approximate surface area is 106 Å². The SMILES string of the molecule is COc1cc(C#N)ccc1OC1CCSCC1. The fourth-order valence-electron chi connectivity index (χ4n) is 1.81. The van der Waals surface area contributed by atoms with E-state index in [1.165, 1.54) is 0 Å². The molecule has 1 aromatic rings. The zero-order valence-corrected chi connectivity index (χ0v) is 10.6. The first-order chi connectivity index (χ1) is 8.33. The van der Waals surface area contributed by atoms with Gasteiger partial charge in [-0.15, -0.1) is 0 Å². The van der Waals surface area contributed by atoms with Gasteiger partial charge >= 0.3 is 0 Å². The van der Waals surface area contributed by atoms with Crippen molar-refractivity contribution < 1.29 is 9.47 Å². The number of benzene rings is 1. The van der Waals surface area contributed by atoms with E-state index >= 15 is 0 Å². The molecule has 0 atom stereocenters. The van der Waals surface area contributed by atoms with Crippen LogP contribution in [-0.4, -0.2) is 24.7 Å². The molecule has 0 amide bonds. The lowest BCUT2D eigenvalue weighted by atomic mass is 10.2. The summed E-state index contributed by atoms with van der Waals surface area (Å²) in [4.78, 5) is 0. The maximum atomic E-state index is 8.82. The molecule has 0 unspecified atom stereocenters. The number of ether oxygens (including phenoxy) is 2. The number of rotatable bonds is 3. The van der Waals surface area contributed by atoms with Crippen LogP contribution in [0.15, 0.2) is 18.2 Å². The largest absolute Gasteiger partial charge is 0.493 e. The Morgan fingerprint density at radius 3 is 2.71 bits per heavy atom. The molecule has 1 saturated heterocycles. The average molecular weight is 249 g/mol. The number of methoxy groups -OCH3 is 1. The summed E-state index contributed by atoms with van der Waals surface area (Å²) in [5.74, 6) is 3.69. The molecule has 0 saturated carbocycles. The van der Waals surface area contributed by atoms with E-state index < -0.39 is 0 Å². The minimum absolute atomic E-state index is 0.276. The molecule has 1 heterocycles. The van der Waals surface area contributed by atoms with E-state index in [4.69, 9.17) is 14.7 Å². The fraction of sp³-hybridized carbons (Fsp3) is 0.462. The van der Waals surface area contributed by atoms with E-state index in [0.717, 1.165) is 30.1 Å². The lowest BCUT2D eigenvalue weighted by molar-refractivity contribution is 0.184. The van der Waals surface area contributed by atoms with Crippen LogP contribution in [0.5, 0.6) is 11.5 Å². The number of hydrogen-bond acceptors (Lipinski definition) is 4. The van der Waals surface area contributed by atoms with Gasteiger partial charge in [-0.3, -0.25) is 0 Å². The van der Waals surface area contributed by atoms with Crippen molar-refractivity contribution in [3.63, 3.8) is 0 Å². The predicted octanol–water partition coefficient (Wildman–Crippen LogP) is 2.84. The lowest BCUT2D eigenvalue weighted by Crippen LogP contribution is -2.22. The molecule has 0 aromatic heterocycles. The maximum Gasteiger partial charge on any atom is 0.162 e. The standard InChI is InChI=1S/C13H15NO2S/c1-15-13-8-10(9-14)2-3-12(13)16-11-4-6-17-7-5-11/h2-3,8,11H,4-7H2,1H3. The smallest absolute Gasteiger partial charge is 0.162 e. The van der Waals surface area contributed by atoms with Crippen LogP contribution in [0.25, 0.3) is 0 Å². The van der Waals surface area contributed by atoms with Gasteiger partial charge in [0.2, 0.25) is 0 Å². The van der Waals surface area contributed by atoms with Crippen molar-refractivity contribution >= 4 is 11.8 Å². The predicted molar refractivity (Wildman–Crippen MR) is 68.7 cm³/mol. The Hall–Kier alpha value is -1.34. The number of thioether (sulfide) groups is 1. The van der Waals surface area contributed by atoms with Crippen LogP contribution >= 0.6 is 11.8 Å². The highest BCUT2D eigenvalue weighted by Gasteiger charge is 2.17. The van der Waals surface area contributed by atoms with Crippen LogP contribution in [0.4, 0.5) is 0 Å². The zero-order chi connectivity index (χ0) is 12.1. The molecule has 1 aromatic carbocycles. The molecule has 3 nitrogen and oxygen atoms in total. The summed E-state index contributed by atoms with van der Waals surface area (Å²) in [6.45, 7) is 0. The highest BCUT2D eigenvalue weighted by Crippen LogP contribution is 2.31. The molecule has 0 spiro atoms. The number of nitriles is 1. The van der Waals surface area contributed by atoms with Crippen LogP contribution in [0, 0.1) is 11.3 Å². The van der Waals surface area contributed by atoms with Crippen LogP contribution in [0.2, 0.25) is 0 Å². The van der Waals surface area contributed by atoms with Crippen molar-refractivity contribution in [1.29, 1.82) is 5.26 Å². The van der Waals surface area contributed by atoms with E-state index in [1.54, 1.807) is 19.2 Å². The van der Waals surface area contributed by atoms with E-state index in [2.05, 4.69) is 6.07 Å². The Morgan fingerprint density at radius 1 is 1.29 bits per heavy atom. The third kappa shape index (κ3) is 3.07. The highest BCUT2D eigenvalue weighted by molar-refractivity contribution is 7.99. The Bertz CT molecular complexity index is 422. The first-order valence-electron chi connectivity index (χ1n) is 5.66. The summed E-state index contributed by atoms with van der Waals surface area (Å²) >= 11 is 1.97. The first kappa shape index (κ1) is 12.1. The van der Waals surface area contributed by atoms with Crippen LogP contribution in [0.1, 0.15) is 18.4 Å². The zero-order valence-electron chi connectivity index (χ0n) is 9.81. The highest BCUT2D eigenvalue weighted by atomic mass is 32.2. The van der Waals surface area contributed by atoms with Gasteiger partial charge in [-0.05, 0) is 36.5 Å². The molecule has 1 aliphatic rings. The molecular formula is C13H15NO2S. The van der Waals surface area contributed by atoms with Gasteiger partial charge in [-0.1, -0.05) is 0 Å². The van der Waals surface area contributed by atoms with Crippen LogP contribution < -0.4 is 9.47 Å². The van der Waals surface area contributed by atoms with Crippen molar-refractivity contribution in [1.82, 2.24) is 0 Å². The Morgan fingerprint density at radius 2 is 2.06 bits per heavy atom. The van der Waals surface area contributed by atoms with Crippen LogP contribution in [0.3, 0.4) is 0 Å². The second kappa shape index (κ2) is 5.83. The van der Waals surface area contributed by atoms with Gasteiger partial charge in [0.1, 0.15) is 6.10 Å². The second-order valence-electron chi connectivity index (χ2n) is 3.91. The molecule has 1 fully saturated rings. The van der Waals surface area contributed by atoms with Crippen molar-refractivity contribution in [2.24, 2.45) is 0 Å². The van der Waals surface area contributed by atoms with Crippen molar-refractivity contribution in [2.75, 3.05) is 18.6 Å². The molecule has 0 N–H and O–H groups in total. The third-order valence-corrected chi connectivity index (χ3v) is 3.80. The molecule has 1 aliphatic heterocycles. The second-order valence-corrected chi connectivity index (χ2v) is 5.13. The van der Waals surface area contributed by atoms with Crippen molar-refractivity contribution in [3.05, 3.63) is 23.8 Å². The molecule has 17 heavy (non-hydrogen) atoms. The number of nitrogens with zero attached hydrogens (tertiary/aromatic N) is 1. The Balaban J connectivity index is 2.11. The minimum atomic E-state index is 0.276. The van der Waals surface area contributed by atoms with Crippen molar-refractivity contribution in [2.45, 2.75) is 18.9 Å². The fourth-order valence-corrected chi connectivity index (χ4v) is 2.87. The summed E-state index contributed by atoms with van der Waals surface area (Å²) in [6, 6.07) is 7.39. The van der Waals surface area contributed by atoms with E-state index in [9.17, 15) is 0 Å². The molecule has 90 valence electrons. The molecular weight excluding hydrogens is 234 g/mol. The van der Waals surface area contributed by atoms with Crippen LogP contribution in [-0.2, 0) is 0 Å². The maximum absolute atomic E-state index is 8.82. The summed E-state index contributed by atoms with van der Waals surface area (Å²) in [6.07, 6.45) is 2.43. The van der Waals surface area contributed by atoms with Gasteiger partial charge in [0.15, 0.2) is 11.5 Å². The molecule has 4 heteroatoms. The van der Waals surface area contributed by atoms with Gasteiger partial charge in [0, 0.05) is 6.07 Å². The average Bonchev–Trinajstić information content (AvgIpc) is 2.40. The van der Waals surface area contributed by atoms with Gasteiger partial charge in [-0.2, -0.15) is 17.0 Å². The quantitative estimate of drug-likeness (QED) is 0.826. The Kier molecular flexibility index (Phi) is 4.16. The van der Waals surface area contributed by atoms with Gasteiger partial charge < -0.3 is 9.47 Å². The van der Waals surface area contributed by atoms with E-state index in [-0.39, 0.29) is 6.10 Å². The normalized spacial score (nSPS) is 16.2. The summed E-state index contributed by atoms with van der Waals surface area (Å²) in [5, 5.41) is 8.82. The molecule has 2 rings (SSSR count). The summed E-state index contributed by atoms with van der Waals surface area (Å²) < 4.78 is 11.2. The molecule has 0 radical (unpaired) electrons.